The summed E-state index contributed by atoms with van der Waals surface area (Å²) in [6.07, 6.45) is 1.85. The molecule has 1 N–H and O–H groups in total. The van der Waals surface area contributed by atoms with Crippen LogP contribution in [0.5, 0.6) is 0 Å². The summed E-state index contributed by atoms with van der Waals surface area (Å²) in [6.45, 7) is 4.15. The summed E-state index contributed by atoms with van der Waals surface area (Å²) in [4.78, 5) is 19.4. The van der Waals surface area contributed by atoms with Crippen molar-refractivity contribution in [1.82, 2.24) is 15.0 Å². The van der Waals surface area contributed by atoms with Crippen molar-refractivity contribution < 1.29 is 9.32 Å². The van der Waals surface area contributed by atoms with Crippen molar-refractivity contribution in [2.75, 3.05) is 18.4 Å². The lowest BCUT2D eigenvalue weighted by Crippen LogP contribution is -2.40. The highest BCUT2D eigenvalue weighted by atomic mass is 35.5. The number of halogens is 1. The fourth-order valence-corrected chi connectivity index (χ4v) is 3.65. The number of likely N-dealkylation sites (tertiary alicyclic amines) is 1. The Morgan fingerprint density at radius 2 is 1.97 bits per heavy atom. The first-order valence-corrected chi connectivity index (χ1v) is 10.1. The number of piperidine rings is 1. The topological polar surface area (TPSA) is 71.3 Å². The zero-order valence-electron chi connectivity index (χ0n) is 16.3. The quantitative estimate of drug-likeness (QED) is 0.668. The van der Waals surface area contributed by atoms with Crippen molar-refractivity contribution in [2.24, 2.45) is 5.92 Å². The van der Waals surface area contributed by atoms with Gasteiger partial charge in [0.05, 0.1) is 12.5 Å². The van der Waals surface area contributed by atoms with Crippen LogP contribution in [0.4, 0.5) is 5.69 Å². The van der Waals surface area contributed by atoms with Crippen LogP contribution in [0.1, 0.15) is 24.3 Å². The van der Waals surface area contributed by atoms with E-state index < -0.39 is 0 Å². The first-order chi connectivity index (χ1) is 14.1. The number of carbonyl (C=O) groups excluding carboxylic acids is 1. The van der Waals surface area contributed by atoms with Crippen molar-refractivity contribution in [3.63, 3.8) is 0 Å². The maximum atomic E-state index is 12.7. The summed E-state index contributed by atoms with van der Waals surface area (Å²) in [7, 11) is 0. The van der Waals surface area contributed by atoms with Gasteiger partial charge >= 0.3 is 0 Å². The zero-order valence-corrected chi connectivity index (χ0v) is 17.0. The standard InChI is InChI=1S/C22H23ClN4O2/c1-15-4-10-19(11-5-15)24-22(28)17-3-2-12-27(13-17)14-20-25-21(26-29-20)16-6-8-18(23)9-7-16/h4-11,17H,2-3,12-14H2,1H3,(H,24,28). The van der Waals surface area contributed by atoms with E-state index in [0.717, 1.165) is 30.6 Å². The average molecular weight is 411 g/mol. The Morgan fingerprint density at radius 3 is 2.72 bits per heavy atom. The molecule has 3 aromatic rings. The molecule has 1 aromatic heterocycles. The number of hydrogen-bond donors (Lipinski definition) is 1. The highest BCUT2D eigenvalue weighted by Gasteiger charge is 2.27. The van der Waals surface area contributed by atoms with E-state index in [0.29, 0.717) is 29.8 Å². The number of aryl methyl sites for hydroxylation is 1. The molecule has 1 unspecified atom stereocenters. The van der Waals surface area contributed by atoms with E-state index in [1.54, 1.807) is 12.1 Å². The van der Waals surface area contributed by atoms with E-state index in [1.807, 2.05) is 43.3 Å². The van der Waals surface area contributed by atoms with E-state index in [9.17, 15) is 4.79 Å². The van der Waals surface area contributed by atoms with Crippen LogP contribution in [0.25, 0.3) is 11.4 Å². The minimum absolute atomic E-state index is 0.0521. The second-order valence-electron chi connectivity index (χ2n) is 7.45. The Morgan fingerprint density at radius 1 is 1.21 bits per heavy atom. The number of benzene rings is 2. The number of nitrogens with zero attached hydrogens (tertiary/aromatic N) is 3. The number of carbonyl (C=O) groups is 1. The third kappa shape index (κ3) is 5.02. The molecule has 1 fully saturated rings. The monoisotopic (exact) mass is 410 g/mol. The highest BCUT2D eigenvalue weighted by molar-refractivity contribution is 6.30. The first-order valence-electron chi connectivity index (χ1n) is 9.75. The van der Waals surface area contributed by atoms with Crippen molar-refractivity contribution in [1.29, 1.82) is 0 Å². The molecule has 1 atom stereocenters. The van der Waals surface area contributed by atoms with E-state index in [2.05, 4.69) is 20.4 Å². The molecule has 150 valence electrons. The predicted octanol–water partition coefficient (Wildman–Crippen LogP) is 4.55. The Bertz CT molecular complexity index is 969. The van der Waals surface area contributed by atoms with Crippen LogP contribution >= 0.6 is 11.6 Å². The number of anilines is 1. The molecule has 0 radical (unpaired) electrons. The molecule has 2 heterocycles. The number of nitrogens with one attached hydrogen (secondary N) is 1. The SMILES string of the molecule is Cc1ccc(NC(=O)C2CCCN(Cc3nc(-c4ccc(Cl)cc4)no3)C2)cc1. The van der Waals surface area contributed by atoms with Gasteiger partial charge in [-0.1, -0.05) is 34.5 Å². The molecule has 0 saturated carbocycles. The predicted molar refractivity (Wildman–Crippen MR) is 113 cm³/mol. The second kappa shape index (κ2) is 8.76. The molecule has 2 aromatic carbocycles. The van der Waals surface area contributed by atoms with Gasteiger partial charge in [0.1, 0.15) is 0 Å². The molecule has 7 heteroatoms. The van der Waals surface area contributed by atoms with Crippen LogP contribution in [0.3, 0.4) is 0 Å². The van der Waals surface area contributed by atoms with Gasteiger partial charge in [-0.15, -0.1) is 0 Å². The van der Waals surface area contributed by atoms with Crippen LogP contribution < -0.4 is 5.32 Å². The van der Waals surface area contributed by atoms with Crippen LogP contribution in [-0.2, 0) is 11.3 Å². The Kier molecular flexibility index (Phi) is 5.92. The average Bonchev–Trinajstić information content (AvgIpc) is 3.19. The van der Waals surface area contributed by atoms with Gasteiger partial charge in [-0.05, 0) is 62.7 Å². The summed E-state index contributed by atoms with van der Waals surface area (Å²) in [5.41, 5.74) is 2.87. The van der Waals surface area contributed by atoms with Crippen LogP contribution in [0.2, 0.25) is 5.02 Å². The second-order valence-corrected chi connectivity index (χ2v) is 7.88. The Hall–Kier alpha value is -2.70. The summed E-state index contributed by atoms with van der Waals surface area (Å²) in [5, 5.41) is 7.76. The fourth-order valence-electron chi connectivity index (χ4n) is 3.52. The largest absolute Gasteiger partial charge is 0.338 e. The Balaban J connectivity index is 1.35. The van der Waals surface area contributed by atoms with Crippen molar-refractivity contribution in [2.45, 2.75) is 26.3 Å². The zero-order chi connectivity index (χ0) is 20.2. The molecule has 29 heavy (non-hydrogen) atoms. The number of rotatable bonds is 5. The van der Waals surface area contributed by atoms with Gasteiger partial charge in [-0.25, -0.2) is 0 Å². The van der Waals surface area contributed by atoms with Crippen LogP contribution in [-0.4, -0.2) is 34.0 Å². The lowest BCUT2D eigenvalue weighted by molar-refractivity contribution is -0.121. The molecule has 0 spiro atoms. The maximum absolute atomic E-state index is 12.7. The fraction of sp³-hybridized carbons (Fsp3) is 0.318. The van der Waals surface area contributed by atoms with Crippen LogP contribution in [0, 0.1) is 12.8 Å². The van der Waals surface area contributed by atoms with Gasteiger partial charge in [-0.2, -0.15) is 4.98 Å². The molecule has 6 nitrogen and oxygen atoms in total. The van der Waals surface area contributed by atoms with Crippen molar-refractivity contribution in [3.05, 3.63) is 65.0 Å². The molecule has 4 rings (SSSR count). The first kappa shape index (κ1) is 19.6. The van der Waals surface area contributed by atoms with Crippen molar-refractivity contribution >= 4 is 23.2 Å². The van der Waals surface area contributed by atoms with Gasteiger partial charge in [0, 0.05) is 22.8 Å². The lowest BCUT2D eigenvalue weighted by Gasteiger charge is -2.30. The van der Waals surface area contributed by atoms with Gasteiger partial charge < -0.3 is 9.84 Å². The Labute approximate surface area is 174 Å². The van der Waals surface area contributed by atoms with Gasteiger partial charge in [0.25, 0.3) is 0 Å². The van der Waals surface area contributed by atoms with Gasteiger partial charge in [0.2, 0.25) is 17.6 Å². The van der Waals surface area contributed by atoms with E-state index in [-0.39, 0.29) is 11.8 Å². The minimum atomic E-state index is -0.0521. The maximum Gasteiger partial charge on any atom is 0.241 e. The smallest absolute Gasteiger partial charge is 0.241 e. The summed E-state index contributed by atoms with van der Waals surface area (Å²) in [6, 6.07) is 15.2. The summed E-state index contributed by atoms with van der Waals surface area (Å²) in [5.74, 6) is 1.10. The molecule has 1 amide bonds. The molecule has 0 aliphatic carbocycles. The molecule has 1 aliphatic rings. The van der Waals surface area contributed by atoms with Crippen molar-refractivity contribution in [3.8, 4) is 11.4 Å². The normalized spacial score (nSPS) is 17.2. The number of amides is 1. The molecular weight excluding hydrogens is 388 g/mol. The number of aromatic nitrogens is 2. The molecule has 1 aliphatic heterocycles. The van der Waals surface area contributed by atoms with E-state index in [1.165, 1.54) is 5.56 Å². The highest BCUT2D eigenvalue weighted by Crippen LogP contribution is 2.22. The van der Waals surface area contributed by atoms with Gasteiger partial charge in [0.15, 0.2) is 0 Å². The van der Waals surface area contributed by atoms with Gasteiger partial charge in [-0.3, -0.25) is 9.69 Å². The summed E-state index contributed by atoms with van der Waals surface area (Å²) < 4.78 is 5.42. The molecule has 0 bridgehead atoms. The lowest BCUT2D eigenvalue weighted by atomic mass is 9.97. The number of hydrogen-bond acceptors (Lipinski definition) is 5. The minimum Gasteiger partial charge on any atom is -0.338 e. The van der Waals surface area contributed by atoms with E-state index in [4.69, 9.17) is 16.1 Å². The van der Waals surface area contributed by atoms with Crippen LogP contribution in [0.15, 0.2) is 53.1 Å². The molecular formula is C22H23ClN4O2. The molecule has 1 saturated heterocycles. The summed E-state index contributed by atoms with van der Waals surface area (Å²) >= 11 is 5.93. The third-order valence-electron chi connectivity index (χ3n) is 5.12. The van der Waals surface area contributed by atoms with E-state index >= 15 is 0 Å². The third-order valence-corrected chi connectivity index (χ3v) is 5.38.